The van der Waals surface area contributed by atoms with Gasteiger partial charge in [0.15, 0.2) is 0 Å². The van der Waals surface area contributed by atoms with Crippen LogP contribution in [0.3, 0.4) is 0 Å². The SMILES string of the molecule is O=C(CCCC(=O)N(c1ccccc1F)[C@H](C(=O)NC1CCCCC1)c1ccc(Cl)cc1)Nc1ccccn1. The van der Waals surface area contributed by atoms with Gasteiger partial charge in [-0.25, -0.2) is 9.37 Å². The van der Waals surface area contributed by atoms with Crippen molar-refractivity contribution in [3.63, 3.8) is 0 Å². The number of para-hydroxylation sites is 1. The van der Waals surface area contributed by atoms with E-state index in [0.29, 0.717) is 16.4 Å². The van der Waals surface area contributed by atoms with Crippen molar-refractivity contribution in [2.45, 2.75) is 63.5 Å². The number of halogens is 2. The molecule has 3 aromatic rings. The number of hydrogen-bond acceptors (Lipinski definition) is 4. The molecule has 4 rings (SSSR count). The molecule has 1 aromatic heterocycles. The lowest BCUT2D eigenvalue weighted by Crippen LogP contribution is -2.47. The quantitative estimate of drug-likeness (QED) is 0.314. The van der Waals surface area contributed by atoms with E-state index >= 15 is 4.39 Å². The van der Waals surface area contributed by atoms with Gasteiger partial charge in [-0.05, 0) is 61.2 Å². The maximum atomic E-state index is 15.1. The molecular formula is C30H32ClFN4O3. The van der Waals surface area contributed by atoms with Gasteiger partial charge in [-0.3, -0.25) is 19.3 Å². The number of nitrogens with zero attached hydrogens (tertiary/aromatic N) is 2. The maximum Gasteiger partial charge on any atom is 0.248 e. The number of anilines is 2. The first kappa shape index (κ1) is 28.2. The summed E-state index contributed by atoms with van der Waals surface area (Å²) in [4.78, 5) is 45.2. The lowest BCUT2D eigenvalue weighted by atomic mass is 9.94. The van der Waals surface area contributed by atoms with Crippen LogP contribution in [0, 0.1) is 5.82 Å². The van der Waals surface area contributed by atoms with Crippen molar-refractivity contribution in [3.05, 3.63) is 89.3 Å². The minimum absolute atomic E-state index is 0.000758. The van der Waals surface area contributed by atoms with Crippen LogP contribution in [0.1, 0.15) is 63.0 Å². The van der Waals surface area contributed by atoms with Crippen LogP contribution >= 0.6 is 11.6 Å². The highest BCUT2D eigenvalue weighted by atomic mass is 35.5. The molecule has 1 aliphatic rings. The van der Waals surface area contributed by atoms with Crippen LogP contribution in [0.2, 0.25) is 5.02 Å². The van der Waals surface area contributed by atoms with Gasteiger partial charge in [0.1, 0.15) is 17.7 Å². The van der Waals surface area contributed by atoms with Crippen LogP contribution in [0.25, 0.3) is 0 Å². The summed E-state index contributed by atoms with van der Waals surface area (Å²) in [6.07, 6.45) is 6.66. The number of amides is 3. The summed E-state index contributed by atoms with van der Waals surface area (Å²) in [5.74, 6) is -1.34. The van der Waals surface area contributed by atoms with Crippen molar-refractivity contribution in [2.75, 3.05) is 10.2 Å². The third kappa shape index (κ3) is 7.86. The molecule has 0 aliphatic heterocycles. The van der Waals surface area contributed by atoms with Crippen molar-refractivity contribution in [3.8, 4) is 0 Å². The van der Waals surface area contributed by atoms with E-state index in [0.717, 1.165) is 32.1 Å². The van der Waals surface area contributed by atoms with Crippen LogP contribution in [0.15, 0.2) is 72.9 Å². The number of nitrogens with one attached hydrogen (secondary N) is 2. The second-order valence-corrected chi connectivity index (χ2v) is 10.1. The van der Waals surface area contributed by atoms with E-state index in [2.05, 4.69) is 15.6 Å². The van der Waals surface area contributed by atoms with Crippen LogP contribution in [-0.4, -0.2) is 28.7 Å². The number of rotatable bonds is 10. The Labute approximate surface area is 232 Å². The molecule has 39 heavy (non-hydrogen) atoms. The maximum absolute atomic E-state index is 15.1. The van der Waals surface area contributed by atoms with Gasteiger partial charge in [-0.15, -0.1) is 0 Å². The number of aromatic nitrogens is 1. The standard InChI is InChI=1S/C30H32ClFN4O3/c31-22-18-16-21(17-19-22)29(30(39)34-23-9-2-1-3-10-23)36(25-12-5-4-11-24(25)32)28(38)15-8-14-27(37)35-26-13-6-7-20-33-26/h4-7,11-13,16-20,23,29H,1-3,8-10,14-15H2,(H,34,39)(H,33,35,37)/t29-/m0/s1. The van der Waals surface area contributed by atoms with Gasteiger partial charge in [0.2, 0.25) is 17.7 Å². The van der Waals surface area contributed by atoms with E-state index in [1.807, 2.05) is 0 Å². The summed E-state index contributed by atoms with van der Waals surface area (Å²) >= 11 is 6.11. The zero-order valence-electron chi connectivity index (χ0n) is 21.6. The fourth-order valence-corrected chi connectivity index (χ4v) is 4.94. The minimum Gasteiger partial charge on any atom is -0.351 e. The average Bonchev–Trinajstić information content (AvgIpc) is 2.94. The van der Waals surface area contributed by atoms with Gasteiger partial charge in [-0.1, -0.05) is 61.2 Å². The first-order valence-electron chi connectivity index (χ1n) is 13.3. The van der Waals surface area contributed by atoms with Crippen molar-refractivity contribution >= 4 is 40.8 Å². The van der Waals surface area contributed by atoms with Gasteiger partial charge in [-0.2, -0.15) is 0 Å². The molecule has 1 fully saturated rings. The molecule has 0 unspecified atom stereocenters. The summed E-state index contributed by atoms with van der Waals surface area (Å²) in [6, 6.07) is 16.6. The fourth-order valence-electron chi connectivity index (χ4n) is 4.82. The predicted molar refractivity (Wildman–Crippen MR) is 150 cm³/mol. The highest BCUT2D eigenvalue weighted by Gasteiger charge is 2.35. The van der Waals surface area contributed by atoms with Gasteiger partial charge in [0.05, 0.1) is 5.69 Å². The zero-order chi connectivity index (χ0) is 27.6. The van der Waals surface area contributed by atoms with Crippen LogP contribution < -0.4 is 15.5 Å². The Hall–Kier alpha value is -3.78. The Balaban J connectivity index is 1.58. The molecule has 7 nitrogen and oxygen atoms in total. The molecule has 2 aromatic carbocycles. The molecule has 0 spiro atoms. The number of carbonyl (C=O) groups is 3. The van der Waals surface area contributed by atoms with Gasteiger partial charge in [0, 0.05) is 30.1 Å². The van der Waals surface area contributed by atoms with Gasteiger partial charge < -0.3 is 10.6 Å². The molecule has 1 atom stereocenters. The molecule has 0 radical (unpaired) electrons. The lowest BCUT2D eigenvalue weighted by Gasteiger charge is -2.33. The molecule has 2 N–H and O–H groups in total. The van der Waals surface area contributed by atoms with E-state index < -0.39 is 17.8 Å². The Kier molecular flexibility index (Phi) is 10.0. The van der Waals surface area contributed by atoms with Gasteiger partial charge in [0.25, 0.3) is 0 Å². The van der Waals surface area contributed by atoms with E-state index in [-0.39, 0.29) is 42.8 Å². The van der Waals surface area contributed by atoms with Crippen molar-refractivity contribution in [1.29, 1.82) is 0 Å². The number of carbonyl (C=O) groups excluding carboxylic acids is 3. The summed E-state index contributed by atoms with van der Waals surface area (Å²) in [5.41, 5.74) is 0.511. The first-order valence-corrected chi connectivity index (χ1v) is 13.6. The molecule has 204 valence electrons. The minimum atomic E-state index is -1.11. The Bertz CT molecular complexity index is 1270. The average molecular weight is 551 g/mol. The van der Waals surface area contributed by atoms with Crippen molar-refractivity contribution in [1.82, 2.24) is 10.3 Å². The monoisotopic (exact) mass is 550 g/mol. The van der Waals surface area contributed by atoms with Crippen molar-refractivity contribution < 1.29 is 18.8 Å². The second kappa shape index (κ2) is 13.8. The second-order valence-electron chi connectivity index (χ2n) is 9.63. The molecular weight excluding hydrogens is 519 g/mol. The summed E-state index contributed by atoms with van der Waals surface area (Å²) in [5, 5.41) is 6.27. The highest BCUT2D eigenvalue weighted by molar-refractivity contribution is 6.30. The third-order valence-electron chi connectivity index (χ3n) is 6.75. The fraction of sp³-hybridized carbons (Fsp3) is 0.333. The molecule has 1 heterocycles. The molecule has 0 bridgehead atoms. The zero-order valence-corrected chi connectivity index (χ0v) is 22.4. The van der Waals surface area contributed by atoms with E-state index in [4.69, 9.17) is 11.6 Å². The molecule has 3 amide bonds. The summed E-state index contributed by atoms with van der Waals surface area (Å²) in [7, 11) is 0. The Morgan fingerprint density at radius 2 is 1.67 bits per heavy atom. The summed E-state index contributed by atoms with van der Waals surface area (Å²) < 4.78 is 15.1. The number of pyridine rings is 1. The number of benzene rings is 2. The van der Waals surface area contributed by atoms with Crippen molar-refractivity contribution in [2.24, 2.45) is 0 Å². The largest absolute Gasteiger partial charge is 0.351 e. The van der Waals surface area contributed by atoms with E-state index in [9.17, 15) is 14.4 Å². The smallest absolute Gasteiger partial charge is 0.248 e. The molecule has 9 heteroatoms. The Morgan fingerprint density at radius 1 is 0.949 bits per heavy atom. The van der Waals surface area contributed by atoms with Crippen LogP contribution in [0.4, 0.5) is 15.9 Å². The third-order valence-corrected chi connectivity index (χ3v) is 7.00. The number of hydrogen-bond donors (Lipinski definition) is 2. The first-order chi connectivity index (χ1) is 18.9. The van der Waals surface area contributed by atoms with Gasteiger partial charge >= 0.3 is 0 Å². The molecule has 0 saturated heterocycles. The van der Waals surface area contributed by atoms with Crippen LogP contribution in [-0.2, 0) is 14.4 Å². The van der Waals surface area contributed by atoms with E-state index in [1.165, 1.54) is 23.1 Å². The molecule has 1 saturated carbocycles. The topological polar surface area (TPSA) is 91.4 Å². The normalized spacial score (nSPS) is 14.3. The lowest BCUT2D eigenvalue weighted by molar-refractivity contribution is -0.127. The molecule has 1 aliphatic carbocycles. The highest BCUT2D eigenvalue weighted by Crippen LogP contribution is 2.32. The predicted octanol–water partition coefficient (Wildman–Crippen LogP) is 6.21. The van der Waals surface area contributed by atoms with Crippen LogP contribution in [0.5, 0.6) is 0 Å². The van der Waals surface area contributed by atoms with E-state index in [1.54, 1.807) is 54.7 Å². The Morgan fingerprint density at radius 3 is 2.36 bits per heavy atom. The summed E-state index contributed by atoms with van der Waals surface area (Å²) in [6.45, 7) is 0.